The van der Waals surface area contributed by atoms with Crippen molar-refractivity contribution in [2.75, 3.05) is 13.7 Å². The van der Waals surface area contributed by atoms with Crippen LogP contribution in [0.3, 0.4) is 0 Å². The van der Waals surface area contributed by atoms with Crippen LogP contribution in [-0.2, 0) is 9.53 Å². The maximum Gasteiger partial charge on any atom is 0.332 e. The normalized spacial score (nSPS) is 13.8. The standard InChI is InChI=1S/C8H15NO3/c1-6(4-8(11)12-3)9-5-7(2)10/h4,7,9-10H,5H2,1-3H3/b6-4+/t7-/m1/s1. The third-order valence-corrected chi connectivity index (χ3v) is 1.21. The zero-order chi connectivity index (χ0) is 9.56. The highest BCUT2D eigenvalue weighted by atomic mass is 16.5. The maximum absolute atomic E-state index is 10.7. The Bertz CT molecular complexity index is 175. The van der Waals surface area contributed by atoms with Gasteiger partial charge in [-0.15, -0.1) is 0 Å². The molecule has 0 rings (SSSR count). The summed E-state index contributed by atoms with van der Waals surface area (Å²) in [6.07, 6.45) is 0.911. The van der Waals surface area contributed by atoms with Gasteiger partial charge in [0.15, 0.2) is 0 Å². The average Bonchev–Trinajstić information content (AvgIpc) is 2.00. The summed E-state index contributed by atoms with van der Waals surface area (Å²) < 4.78 is 4.41. The molecule has 1 atom stereocenters. The quantitative estimate of drug-likeness (QED) is 0.465. The molecule has 0 aromatic rings. The zero-order valence-corrected chi connectivity index (χ0v) is 7.63. The Hall–Kier alpha value is -1.03. The van der Waals surface area contributed by atoms with Crippen molar-refractivity contribution in [3.63, 3.8) is 0 Å². The van der Waals surface area contributed by atoms with E-state index in [1.54, 1.807) is 13.8 Å². The highest BCUT2D eigenvalue weighted by Crippen LogP contribution is 1.88. The van der Waals surface area contributed by atoms with Gasteiger partial charge in [0, 0.05) is 18.3 Å². The highest BCUT2D eigenvalue weighted by Gasteiger charge is 1.97. The fourth-order valence-corrected chi connectivity index (χ4v) is 0.595. The highest BCUT2D eigenvalue weighted by molar-refractivity contribution is 5.82. The lowest BCUT2D eigenvalue weighted by molar-refractivity contribution is -0.134. The van der Waals surface area contributed by atoms with Gasteiger partial charge in [0.05, 0.1) is 13.2 Å². The van der Waals surface area contributed by atoms with Crippen LogP contribution in [0.15, 0.2) is 11.8 Å². The van der Waals surface area contributed by atoms with Crippen LogP contribution in [0.2, 0.25) is 0 Å². The van der Waals surface area contributed by atoms with Gasteiger partial charge < -0.3 is 15.2 Å². The van der Waals surface area contributed by atoms with Crippen molar-refractivity contribution in [2.24, 2.45) is 0 Å². The van der Waals surface area contributed by atoms with Crippen LogP contribution >= 0.6 is 0 Å². The van der Waals surface area contributed by atoms with Crippen molar-refractivity contribution < 1.29 is 14.6 Å². The van der Waals surface area contributed by atoms with E-state index in [1.165, 1.54) is 13.2 Å². The van der Waals surface area contributed by atoms with Crippen LogP contribution in [0.1, 0.15) is 13.8 Å². The van der Waals surface area contributed by atoms with Gasteiger partial charge in [-0.05, 0) is 13.8 Å². The number of methoxy groups -OCH3 is 1. The van der Waals surface area contributed by atoms with Crippen LogP contribution in [0.25, 0.3) is 0 Å². The lowest BCUT2D eigenvalue weighted by Gasteiger charge is -2.07. The number of rotatable bonds is 4. The molecule has 0 saturated carbocycles. The SMILES string of the molecule is COC(=O)/C=C(\C)NC[C@@H](C)O. The molecular formula is C8H15NO3. The summed E-state index contributed by atoms with van der Waals surface area (Å²) in [4.78, 5) is 10.7. The Labute approximate surface area is 72.2 Å². The molecule has 0 amide bonds. The summed E-state index contributed by atoms with van der Waals surface area (Å²) in [6, 6.07) is 0. The number of allylic oxidation sites excluding steroid dienone is 1. The van der Waals surface area contributed by atoms with Crippen molar-refractivity contribution in [3.05, 3.63) is 11.8 Å². The second-order valence-corrected chi connectivity index (χ2v) is 2.58. The summed E-state index contributed by atoms with van der Waals surface area (Å²) in [5, 5.41) is 11.7. The first-order valence-corrected chi connectivity index (χ1v) is 3.74. The molecule has 0 unspecified atom stereocenters. The Balaban J connectivity index is 3.78. The average molecular weight is 173 g/mol. The summed E-state index contributed by atoms with van der Waals surface area (Å²) in [7, 11) is 1.32. The van der Waals surface area contributed by atoms with E-state index in [4.69, 9.17) is 5.11 Å². The van der Waals surface area contributed by atoms with Gasteiger partial charge in [-0.3, -0.25) is 0 Å². The van der Waals surface area contributed by atoms with Crippen molar-refractivity contribution in [1.82, 2.24) is 5.32 Å². The van der Waals surface area contributed by atoms with Crippen LogP contribution in [0.5, 0.6) is 0 Å². The Morgan fingerprint density at radius 3 is 2.75 bits per heavy atom. The molecule has 12 heavy (non-hydrogen) atoms. The van der Waals surface area contributed by atoms with Gasteiger partial charge in [0.25, 0.3) is 0 Å². The Kier molecular flexibility index (Phi) is 5.12. The van der Waals surface area contributed by atoms with E-state index >= 15 is 0 Å². The van der Waals surface area contributed by atoms with E-state index in [-0.39, 0.29) is 0 Å². The third-order valence-electron chi connectivity index (χ3n) is 1.21. The van der Waals surface area contributed by atoms with Crippen molar-refractivity contribution >= 4 is 5.97 Å². The molecule has 0 aliphatic carbocycles. The number of nitrogens with one attached hydrogen (secondary N) is 1. The molecule has 4 heteroatoms. The van der Waals surface area contributed by atoms with E-state index in [2.05, 4.69) is 10.1 Å². The van der Waals surface area contributed by atoms with Crippen molar-refractivity contribution in [2.45, 2.75) is 20.0 Å². The largest absolute Gasteiger partial charge is 0.466 e. The number of hydrogen-bond donors (Lipinski definition) is 2. The molecule has 0 spiro atoms. The van der Waals surface area contributed by atoms with Gasteiger partial charge in [-0.25, -0.2) is 4.79 Å². The Morgan fingerprint density at radius 1 is 1.75 bits per heavy atom. The lowest BCUT2D eigenvalue weighted by atomic mass is 10.3. The van der Waals surface area contributed by atoms with E-state index < -0.39 is 12.1 Å². The first-order chi connectivity index (χ1) is 5.56. The van der Waals surface area contributed by atoms with Crippen LogP contribution in [0, 0.1) is 0 Å². The van der Waals surface area contributed by atoms with E-state index in [1.807, 2.05) is 0 Å². The minimum absolute atomic E-state index is 0.398. The van der Waals surface area contributed by atoms with Gasteiger partial charge >= 0.3 is 5.97 Å². The smallest absolute Gasteiger partial charge is 0.332 e. The zero-order valence-electron chi connectivity index (χ0n) is 7.63. The lowest BCUT2D eigenvalue weighted by Crippen LogP contribution is -2.23. The predicted molar refractivity (Wildman–Crippen MR) is 45.5 cm³/mol. The summed E-state index contributed by atoms with van der Waals surface area (Å²) >= 11 is 0. The molecule has 2 N–H and O–H groups in total. The number of ether oxygens (including phenoxy) is 1. The molecular weight excluding hydrogens is 158 g/mol. The predicted octanol–water partition coefficient (Wildman–Crippen LogP) is 0.0336. The van der Waals surface area contributed by atoms with Crippen molar-refractivity contribution in [1.29, 1.82) is 0 Å². The van der Waals surface area contributed by atoms with E-state index in [9.17, 15) is 4.79 Å². The van der Waals surface area contributed by atoms with Crippen LogP contribution in [0.4, 0.5) is 0 Å². The first kappa shape index (κ1) is 11.0. The number of hydrogen-bond acceptors (Lipinski definition) is 4. The monoisotopic (exact) mass is 173 g/mol. The second kappa shape index (κ2) is 5.60. The van der Waals surface area contributed by atoms with Gasteiger partial charge in [0.1, 0.15) is 0 Å². The second-order valence-electron chi connectivity index (χ2n) is 2.58. The fraction of sp³-hybridized carbons (Fsp3) is 0.625. The number of carbonyl (C=O) groups is 1. The van der Waals surface area contributed by atoms with Gasteiger partial charge in [-0.2, -0.15) is 0 Å². The summed E-state index contributed by atoms with van der Waals surface area (Å²) in [6.45, 7) is 3.83. The minimum atomic E-state index is -0.425. The molecule has 0 aliphatic heterocycles. The number of aliphatic hydroxyl groups excluding tert-OH is 1. The first-order valence-electron chi connectivity index (χ1n) is 3.74. The van der Waals surface area contributed by atoms with E-state index in [0.29, 0.717) is 12.2 Å². The molecule has 70 valence electrons. The number of aliphatic hydroxyl groups is 1. The summed E-state index contributed by atoms with van der Waals surface area (Å²) in [5.74, 6) is -0.398. The van der Waals surface area contributed by atoms with Gasteiger partial charge in [-0.1, -0.05) is 0 Å². The third kappa shape index (κ3) is 5.73. The fourth-order valence-electron chi connectivity index (χ4n) is 0.595. The van der Waals surface area contributed by atoms with Crippen molar-refractivity contribution in [3.8, 4) is 0 Å². The molecule has 0 radical (unpaired) electrons. The molecule has 0 aliphatic rings. The minimum Gasteiger partial charge on any atom is -0.466 e. The molecule has 0 aromatic carbocycles. The Morgan fingerprint density at radius 2 is 2.33 bits per heavy atom. The molecule has 0 fully saturated rings. The summed E-state index contributed by atoms with van der Waals surface area (Å²) in [5.41, 5.74) is 0.683. The van der Waals surface area contributed by atoms with Crippen LogP contribution < -0.4 is 5.32 Å². The molecule has 0 heterocycles. The number of esters is 1. The van der Waals surface area contributed by atoms with Gasteiger partial charge in [0.2, 0.25) is 0 Å². The van der Waals surface area contributed by atoms with Crippen LogP contribution in [-0.4, -0.2) is 30.8 Å². The maximum atomic E-state index is 10.7. The molecule has 0 bridgehead atoms. The number of carbonyl (C=O) groups excluding carboxylic acids is 1. The van der Waals surface area contributed by atoms with E-state index in [0.717, 1.165) is 0 Å². The topological polar surface area (TPSA) is 58.6 Å². The molecule has 0 saturated heterocycles. The molecule has 4 nitrogen and oxygen atoms in total. The molecule has 0 aromatic heterocycles.